The maximum Gasteiger partial charge on any atom is 0.200 e. The van der Waals surface area contributed by atoms with E-state index < -0.39 is 23.2 Å². The van der Waals surface area contributed by atoms with Gasteiger partial charge in [-0.2, -0.15) is 4.39 Å². The summed E-state index contributed by atoms with van der Waals surface area (Å²) in [5, 5.41) is 22.6. The number of nitrogen functional groups attached to an aromatic ring is 1. The van der Waals surface area contributed by atoms with E-state index in [0.29, 0.717) is 28.0 Å². The van der Waals surface area contributed by atoms with Crippen LogP contribution in [0, 0.1) is 17.5 Å². The van der Waals surface area contributed by atoms with Gasteiger partial charge in [0.25, 0.3) is 0 Å². The number of halogens is 3. The highest BCUT2D eigenvalue weighted by Gasteiger charge is 2.30. The molecule has 26 heavy (non-hydrogen) atoms. The van der Waals surface area contributed by atoms with E-state index in [9.17, 15) is 23.4 Å². The second kappa shape index (κ2) is 5.81. The summed E-state index contributed by atoms with van der Waals surface area (Å²) >= 11 is 1.32. The summed E-state index contributed by atoms with van der Waals surface area (Å²) in [5.74, 6) is -4.30. The van der Waals surface area contributed by atoms with E-state index in [1.807, 2.05) is 0 Å². The van der Waals surface area contributed by atoms with E-state index in [4.69, 9.17) is 5.73 Å². The van der Waals surface area contributed by atoms with Crippen LogP contribution in [-0.4, -0.2) is 10.2 Å². The smallest absolute Gasteiger partial charge is 0.200 e. The Kier molecular flexibility index (Phi) is 3.69. The zero-order valence-corrected chi connectivity index (χ0v) is 14.0. The molecule has 2 aromatic carbocycles. The summed E-state index contributed by atoms with van der Waals surface area (Å²) in [6, 6.07) is 4.65. The Bertz CT molecular complexity index is 1090. The first-order valence-electron chi connectivity index (χ1n) is 7.62. The standard InChI is InChI=1S/C19H12F3NO2S/c20-14-4-8(24)3-11-10(14)5-12(17(11)13-6-26-7-15(13)23)9-1-2-16(25)19(22)18(9)21/h1-4,6-7,24-25H,5,23H2. The highest BCUT2D eigenvalue weighted by Crippen LogP contribution is 2.47. The lowest BCUT2D eigenvalue weighted by atomic mass is 9.95. The van der Waals surface area contributed by atoms with Gasteiger partial charge in [0, 0.05) is 39.9 Å². The normalized spacial score (nSPS) is 13.3. The van der Waals surface area contributed by atoms with Crippen LogP contribution in [0.4, 0.5) is 18.9 Å². The van der Waals surface area contributed by atoms with Crippen LogP contribution in [0.1, 0.15) is 22.3 Å². The number of nitrogens with two attached hydrogens (primary N) is 1. The van der Waals surface area contributed by atoms with Crippen LogP contribution in [0.5, 0.6) is 11.5 Å². The first-order chi connectivity index (χ1) is 12.4. The van der Waals surface area contributed by atoms with Gasteiger partial charge >= 0.3 is 0 Å². The summed E-state index contributed by atoms with van der Waals surface area (Å²) in [7, 11) is 0. The zero-order chi connectivity index (χ0) is 18.6. The Morgan fingerprint density at radius 1 is 0.923 bits per heavy atom. The number of allylic oxidation sites excluding steroid dienone is 1. The Morgan fingerprint density at radius 2 is 1.69 bits per heavy atom. The molecule has 0 unspecified atom stereocenters. The zero-order valence-electron chi connectivity index (χ0n) is 13.2. The molecule has 0 atom stereocenters. The monoisotopic (exact) mass is 375 g/mol. The minimum Gasteiger partial charge on any atom is -0.508 e. The predicted octanol–water partition coefficient (Wildman–Crippen LogP) is 4.67. The van der Waals surface area contributed by atoms with Gasteiger partial charge in [-0.3, -0.25) is 0 Å². The quantitative estimate of drug-likeness (QED) is 0.610. The van der Waals surface area contributed by atoms with E-state index in [1.54, 1.807) is 10.8 Å². The van der Waals surface area contributed by atoms with Gasteiger partial charge in [0.05, 0.1) is 5.69 Å². The van der Waals surface area contributed by atoms with E-state index in [2.05, 4.69) is 0 Å². The van der Waals surface area contributed by atoms with Crippen LogP contribution in [0.2, 0.25) is 0 Å². The van der Waals surface area contributed by atoms with Crippen molar-refractivity contribution in [2.24, 2.45) is 0 Å². The third kappa shape index (κ3) is 2.35. The molecule has 3 nitrogen and oxygen atoms in total. The lowest BCUT2D eigenvalue weighted by Gasteiger charge is -2.11. The van der Waals surface area contributed by atoms with Crippen LogP contribution in [0.3, 0.4) is 0 Å². The van der Waals surface area contributed by atoms with Crippen LogP contribution >= 0.6 is 11.3 Å². The summed E-state index contributed by atoms with van der Waals surface area (Å²) < 4.78 is 42.8. The molecule has 4 N–H and O–H groups in total. The van der Waals surface area contributed by atoms with Crippen molar-refractivity contribution in [3.05, 3.63) is 74.7 Å². The minimum absolute atomic E-state index is 0.00714. The topological polar surface area (TPSA) is 66.5 Å². The van der Waals surface area contributed by atoms with E-state index in [-0.39, 0.29) is 23.3 Å². The van der Waals surface area contributed by atoms with Crippen molar-refractivity contribution in [1.29, 1.82) is 0 Å². The van der Waals surface area contributed by atoms with E-state index >= 15 is 0 Å². The molecule has 0 spiro atoms. The predicted molar refractivity (Wildman–Crippen MR) is 94.4 cm³/mol. The SMILES string of the molecule is Nc1cscc1C1=C(c2ccc(O)c(F)c2F)Cc2c(F)cc(O)cc21. The highest BCUT2D eigenvalue weighted by atomic mass is 32.1. The molecule has 132 valence electrons. The minimum atomic E-state index is -1.37. The summed E-state index contributed by atoms with van der Waals surface area (Å²) in [6.45, 7) is 0. The van der Waals surface area contributed by atoms with E-state index in [1.165, 1.54) is 23.5 Å². The molecule has 0 amide bonds. The average molecular weight is 375 g/mol. The Labute approximate surface area is 150 Å². The molecule has 0 fully saturated rings. The number of rotatable bonds is 2. The lowest BCUT2D eigenvalue weighted by Crippen LogP contribution is -1.97. The largest absolute Gasteiger partial charge is 0.508 e. The Balaban J connectivity index is 2.05. The van der Waals surface area contributed by atoms with Crippen molar-refractivity contribution in [3.63, 3.8) is 0 Å². The number of benzene rings is 2. The molecule has 0 radical (unpaired) electrons. The van der Waals surface area contributed by atoms with Gasteiger partial charge in [-0.1, -0.05) is 0 Å². The van der Waals surface area contributed by atoms with Crippen LogP contribution in [0.25, 0.3) is 11.1 Å². The van der Waals surface area contributed by atoms with Gasteiger partial charge in [0.2, 0.25) is 5.82 Å². The summed E-state index contributed by atoms with van der Waals surface area (Å²) in [5.41, 5.74) is 8.32. The summed E-state index contributed by atoms with van der Waals surface area (Å²) in [6.07, 6.45) is 0.00714. The van der Waals surface area contributed by atoms with Crippen molar-refractivity contribution in [1.82, 2.24) is 0 Å². The molecule has 0 bridgehead atoms. The van der Waals surface area contributed by atoms with Crippen LogP contribution < -0.4 is 5.73 Å². The van der Waals surface area contributed by atoms with Crippen molar-refractivity contribution in [2.75, 3.05) is 5.73 Å². The maximum atomic E-state index is 14.5. The maximum absolute atomic E-state index is 14.5. The lowest BCUT2D eigenvalue weighted by molar-refractivity contribution is 0.406. The first kappa shape index (κ1) is 16.5. The molecule has 7 heteroatoms. The molecular formula is C19H12F3NO2S. The van der Waals surface area contributed by atoms with Gasteiger partial charge in [-0.05, 0) is 34.9 Å². The number of phenolic OH excluding ortho intramolecular Hbond substituents is 2. The molecule has 1 aromatic heterocycles. The van der Waals surface area contributed by atoms with Gasteiger partial charge in [-0.15, -0.1) is 11.3 Å². The van der Waals surface area contributed by atoms with E-state index in [0.717, 1.165) is 12.1 Å². The van der Waals surface area contributed by atoms with Crippen LogP contribution in [-0.2, 0) is 6.42 Å². The molecule has 0 aliphatic heterocycles. The molecule has 1 aliphatic carbocycles. The van der Waals surface area contributed by atoms with Gasteiger partial charge in [0.1, 0.15) is 11.6 Å². The van der Waals surface area contributed by atoms with Gasteiger partial charge in [-0.25, -0.2) is 8.78 Å². The molecule has 3 aromatic rings. The fourth-order valence-electron chi connectivity index (χ4n) is 3.27. The third-order valence-electron chi connectivity index (χ3n) is 4.45. The van der Waals surface area contributed by atoms with Crippen molar-refractivity contribution in [3.8, 4) is 11.5 Å². The fourth-order valence-corrected chi connectivity index (χ4v) is 4.00. The van der Waals surface area contributed by atoms with Crippen molar-refractivity contribution in [2.45, 2.75) is 6.42 Å². The second-order valence-electron chi connectivity index (χ2n) is 5.99. The molecule has 4 rings (SSSR count). The van der Waals surface area contributed by atoms with Gasteiger partial charge < -0.3 is 15.9 Å². The fraction of sp³-hybridized carbons (Fsp3) is 0.0526. The second-order valence-corrected chi connectivity index (χ2v) is 6.73. The first-order valence-corrected chi connectivity index (χ1v) is 8.57. The van der Waals surface area contributed by atoms with Crippen molar-refractivity contribution < 1.29 is 23.4 Å². The highest BCUT2D eigenvalue weighted by molar-refractivity contribution is 7.08. The van der Waals surface area contributed by atoms with Crippen LogP contribution in [0.15, 0.2) is 35.0 Å². The number of hydrogen-bond acceptors (Lipinski definition) is 4. The molecule has 0 saturated heterocycles. The number of phenols is 2. The third-order valence-corrected chi connectivity index (χ3v) is 5.21. The van der Waals surface area contributed by atoms with Gasteiger partial charge in [0.15, 0.2) is 11.6 Å². The molecule has 1 aliphatic rings. The number of hydrogen-bond donors (Lipinski definition) is 3. The number of anilines is 1. The number of fused-ring (bicyclic) bond motifs is 1. The number of aromatic hydroxyl groups is 2. The summed E-state index contributed by atoms with van der Waals surface area (Å²) in [4.78, 5) is 0. The number of thiophene rings is 1. The average Bonchev–Trinajstić information content (AvgIpc) is 3.16. The van der Waals surface area contributed by atoms with Crippen molar-refractivity contribution >= 4 is 28.2 Å². The Morgan fingerprint density at radius 3 is 2.38 bits per heavy atom. The molecular weight excluding hydrogens is 363 g/mol. The molecule has 0 saturated carbocycles. The Hall–Kier alpha value is -2.93. The molecule has 1 heterocycles.